The third-order valence-electron chi connectivity index (χ3n) is 9.19. The summed E-state index contributed by atoms with van der Waals surface area (Å²) in [6, 6.07) is 0. The Hall–Kier alpha value is -3.54. The van der Waals surface area contributed by atoms with Gasteiger partial charge in [0.2, 0.25) is 0 Å². The summed E-state index contributed by atoms with van der Waals surface area (Å²) in [5.41, 5.74) is 1.74. The van der Waals surface area contributed by atoms with Crippen LogP contribution in [0.15, 0.2) is 71.9 Å². The summed E-state index contributed by atoms with van der Waals surface area (Å²) in [7, 11) is 0. The zero-order valence-corrected chi connectivity index (χ0v) is 30.4. The highest BCUT2D eigenvalue weighted by atomic mass is 16.1. The van der Waals surface area contributed by atoms with Crippen molar-refractivity contribution in [3.63, 3.8) is 0 Å². The van der Waals surface area contributed by atoms with Crippen molar-refractivity contribution in [3.8, 4) is 0 Å². The second kappa shape index (κ2) is 24.6. The summed E-state index contributed by atoms with van der Waals surface area (Å²) in [5.74, 6) is 3.38. The van der Waals surface area contributed by atoms with Gasteiger partial charge in [0.05, 0.1) is 0 Å². The predicted molar refractivity (Wildman–Crippen MR) is 195 cm³/mol. The normalized spacial score (nSPS) is 26.0. The lowest BCUT2D eigenvalue weighted by Gasteiger charge is -2.14. The highest BCUT2D eigenvalue weighted by Gasteiger charge is 2.17. The van der Waals surface area contributed by atoms with Crippen molar-refractivity contribution in [1.29, 1.82) is 0 Å². The van der Waals surface area contributed by atoms with E-state index >= 15 is 0 Å². The van der Waals surface area contributed by atoms with Gasteiger partial charge in [-0.25, -0.2) is 0 Å². The Morgan fingerprint density at radius 3 is 1.25 bits per heavy atom. The molecule has 4 unspecified atom stereocenters. The van der Waals surface area contributed by atoms with Gasteiger partial charge in [-0.2, -0.15) is 0 Å². The largest absolute Gasteiger partial charge is 0.299 e. The fraction of sp³-hybridized carbons (Fsp3) is 0.571. The Bertz CT molecular complexity index is 1200. The Morgan fingerprint density at radius 1 is 0.500 bits per heavy atom. The van der Waals surface area contributed by atoms with E-state index < -0.39 is 0 Å². The first-order valence-corrected chi connectivity index (χ1v) is 18.0. The topological polar surface area (TPSA) is 102 Å². The number of carbonyl (C=O) groups excluding carboxylic acids is 6. The summed E-state index contributed by atoms with van der Waals surface area (Å²) >= 11 is 0. The van der Waals surface area contributed by atoms with Crippen molar-refractivity contribution in [2.75, 3.05) is 0 Å². The van der Waals surface area contributed by atoms with Crippen LogP contribution in [0.1, 0.15) is 131 Å². The second-order valence-electron chi connectivity index (χ2n) is 13.5. The maximum absolute atomic E-state index is 10.8. The lowest BCUT2D eigenvalue weighted by molar-refractivity contribution is -0.124. The SMILES string of the molecule is CC1=CC=CCC1=O.CC1=CC=CCC1=O.CC1C=CCCC1=O.CC1CC=CCC1=O.CC1CCCCC1=O.CC1CCCCC1=O. The Balaban J connectivity index is 0.000000288. The first kappa shape index (κ1) is 42.5. The molecule has 4 atom stereocenters. The molecule has 0 aromatic rings. The fourth-order valence-electron chi connectivity index (χ4n) is 5.29. The lowest BCUT2D eigenvalue weighted by atomic mass is 9.90. The molecule has 48 heavy (non-hydrogen) atoms. The minimum atomic E-state index is 0.184. The first-order chi connectivity index (χ1) is 22.8. The fourth-order valence-corrected chi connectivity index (χ4v) is 5.29. The van der Waals surface area contributed by atoms with E-state index in [0.717, 1.165) is 68.9 Å². The summed E-state index contributed by atoms with van der Waals surface area (Å²) < 4.78 is 0. The van der Waals surface area contributed by atoms with Gasteiger partial charge in [-0.05, 0) is 63.5 Å². The van der Waals surface area contributed by atoms with Gasteiger partial charge in [0.25, 0.3) is 0 Å². The van der Waals surface area contributed by atoms with Gasteiger partial charge in [-0.15, -0.1) is 0 Å². The number of allylic oxidation sites excluding steroid dienone is 12. The van der Waals surface area contributed by atoms with Crippen molar-refractivity contribution in [3.05, 3.63) is 71.9 Å². The van der Waals surface area contributed by atoms with E-state index in [4.69, 9.17) is 0 Å². The number of rotatable bonds is 0. The van der Waals surface area contributed by atoms with Crippen LogP contribution in [-0.2, 0) is 28.8 Å². The molecule has 6 aliphatic carbocycles. The molecule has 0 aromatic heterocycles. The van der Waals surface area contributed by atoms with E-state index in [2.05, 4.69) is 12.2 Å². The van der Waals surface area contributed by atoms with Crippen LogP contribution < -0.4 is 0 Å². The van der Waals surface area contributed by atoms with Crippen LogP contribution in [-0.4, -0.2) is 34.7 Å². The Labute approximate surface area is 290 Å². The van der Waals surface area contributed by atoms with Gasteiger partial charge in [0.1, 0.15) is 23.1 Å². The van der Waals surface area contributed by atoms with Crippen LogP contribution in [0.3, 0.4) is 0 Å². The first-order valence-electron chi connectivity index (χ1n) is 18.0. The molecule has 0 aliphatic heterocycles. The van der Waals surface area contributed by atoms with Gasteiger partial charge in [-0.1, -0.05) is 101 Å². The molecule has 6 heteroatoms. The number of hydrogen-bond donors (Lipinski definition) is 0. The smallest absolute Gasteiger partial charge is 0.162 e. The highest BCUT2D eigenvalue weighted by molar-refractivity contribution is 5.97. The van der Waals surface area contributed by atoms with Gasteiger partial charge >= 0.3 is 0 Å². The predicted octanol–water partition coefficient (Wildman–Crippen LogP) is 9.54. The van der Waals surface area contributed by atoms with Crippen molar-refractivity contribution < 1.29 is 28.8 Å². The number of ketones is 6. The molecule has 0 heterocycles. The maximum atomic E-state index is 10.8. The third kappa shape index (κ3) is 18.7. The molecule has 0 amide bonds. The van der Waals surface area contributed by atoms with Crippen molar-refractivity contribution in [2.24, 2.45) is 23.7 Å². The van der Waals surface area contributed by atoms with Crippen molar-refractivity contribution in [1.82, 2.24) is 0 Å². The molecule has 0 saturated heterocycles. The molecule has 2 fully saturated rings. The van der Waals surface area contributed by atoms with Crippen LogP contribution in [0.5, 0.6) is 0 Å². The molecular weight excluding hydrogens is 600 g/mol. The van der Waals surface area contributed by atoms with Crippen molar-refractivity contribution >= 4 is 34.7 Å². The number of hydrogen-bond acceptors (Lipinski definition) is 6. The monoisotopic (exact) mass is 660 g/mol. The van der Waals surface area contributed by atoms with Crippen LogP contribution >= 0.6 is 0 Å². The number of carbonyl (C=O) groups is 6. The highest BCUT2D eigenvalue weighted by Crippen LogP contribution is 2.20. The second-order valence-corrected chi connectivity index (χ2v) is 13.5. The van der Waals surface area contributed by atoms with E-state index in [-0.39, 0.29) is 23.4 Å². The van der Waals surface area contributed by atoms with Crippen LogP contribution in [0.4, 0.5) is 0 Å². The summed E-state index contributed by atoms with van der Waals surface area (Å²) in [6.45, 7) is 11.7. The van der Waals surface area contributed by atoms with Gasteiger partial charge in [0, 0.05) is 62.2 Å². The van der Waals surface area contributed by atoms with Crippen LogP contribution in [0.25, 0.3) is 0 Å². The molecule has 6 nitrogen and oxygen atoms in total. The average molecular weight is 661 g/mol. The summed E-state index contributed by atoms with van der Waals surface area (Å²) in [5, 5.41) is 0. The molecule has 0 spiro atoms. The molecule has 264 valence electrons. The van der Waals surface area contributed by atoms with E-state index in [1.165, 1.54) is 12.8 Å². The Kier molecular flexibility index (Phi) is 21.8. The lowest BCUT2D eigenvalue weighted by Crippen LogP contribution is -2.14. The van der Waals surface area contributed by atoms with E-state index in [1.807, 2.05) is 90.2 Å². The van der Waals surface area contributed by atoms with Gasteiger partial charge in [0.15, 0.2) is 11.6 Å². The Morgan fingerprint density at radius 2 is 1.00 bits per heavy atom. The quantitative estimate of drug-likeness (QED) is 0.240. The van der Waals surface area contributed by atoms with E-state index in [0.29, 0.717) is 54.2 Å². The standard InChI is InChI=1S/2C7H12O.2C7H10O.2C7H8O/c6*1-6-4-2-3-5-7(6)8/h2*6H,2-5H2,1H3;2,4,6H,3,5H2,1H3;2-3,6H,4-5H2,1H3;2*2-4H,5H2,1H3. The minimum Gasteiger partial charge on any atom is -0.299 e. The number of Topliss-reactive ketones (excluding diaryl/α,β-unsaturated/α-hetero) is 6. The van der Waals surface area contributed by atoms with Crippen LogP contribution in [0.2, 0.25) is 0 Å². The minimum absolute atomic E-state index is 0.184. The molecule has 0 bridgehead atoms. The third-order valence-corrected chi connectivity index (χ3v) is 9.19. The van der Waals surface area contributed by atoms with Gasteiger partial charge < -0.3 is 0 Å². The molecule has 0 N–H and O–H groups in total. The average Bonchev–Trinajstić information content (AvgIpc) is 3.07. The molecule has 6 aliphatic rings. The molecule has 6 rings (SSSR count). The molecular formula is C42H60O6. The van der Waals surface area contributed by atoms with E-state index in [1.54, 1.807) is 0 Å². The summed E-state index contributed by atoms with van der Waals surface area (Å²) in [4.78, 5) is 64.4. The molecule has 0 aromatic carbocycles. The maximum Gasteiger partial charge on any atom is 0.162 e. The summed E-state index contributed by atoms with van der Waals surface area (Å²) in [6.07, 6.45) is 32.5. The van der Waals surface area contributed by atoms with Gasteiger partial charge in [-0.3, -0.25) is 28.8 Å². The zero-order valence-electron chi connectivity index (χ0n) is 30.4. The van der Waals surface area contributed by atoms with Crippen molar-refractivity contribution in [2.45, 2.75) is 131 Å². The van der Waals surface area contributed by atoms with E-state index in [9.17, 15) is 28.8 Å². The zero-order chi connectivity index (χ0) is 35.9. The molecule has 0 radical (unpaired) electrons. The van der Waals surface area contributed by atoms with Crippen LogP contribution in [0, 0.1) is 23.7 Å². The molecule has 2 saturated carbocycles.